The molecule has 0 saturated heterocycles. The Bertz CT molecular complexity index is 1250. The molecule has 2 amide bonds. The van der Waals surface area contributed by atoms with E-state index in [1.165, 1.54) is 11.3 Å². The number of primary amides is 1. The molecule has 12 heteroatoms. The Morgan fingerprint density at radius 2 is 2.03 bits per heavy atom. The lowest BCUT2D eigenvalue weighted by Crippen LogP contribution is -2.23. The number of carbonyl (C=O) groups is 3. The number of aryl methyl sites for hydroxylation is 3. The van der Waals surface area contributed by atoms with Gasteiger partial charge in [-0.25, -0.2) is 0 Å². The standard InChI is InChI=1S/C22H24N6O4S2/c1-12-7-8-13(2)15(9-12)28-22(25-26-27-28)33-11-18(30)32-10-17(29)24-21-19(20(23)31)14-5-3-4-6-16(14)34-21/h7-9H,3-6,10-11H2,1-2H3,(H2,23,31)(H,24,29). The van der Waals surface area contributed by atoms with Crippen molar-refractivity contribution in [3.63, 3.8) is 0 Å². The van der Waals surface area contributed by atoms with Crippen LogP contribution in [0.4, 0.5) is 5.00 Å². The zero-order valence-corrected chi connectivity index (χ0v) is 20.4. The molecule has 0 atom stereocenters. The minimum absolute atomic E-state index is 0.0711. The van der Waals surface area contributed by atoms with Gasteiger partial charge in [0.1, 0.15) is 5.00 Å². The molecule has 2 heterocycles. The van der Waals surface area contributed by atoms with E-state index in [0.29, 0.717) is 15.7 Å². The molecule has 1 aromatic carbocycles. The number of thiophene rings is 1. The molecule has 2 aromatic heterocycles. The summed E-state index contributed by atoms with van der Waals surface area (Å²) in [6.45, 7) is 3.45. The van der Waals surface area contributed by atoms with Crippen LogP contribution in [0.15, 0.2) is 23.4 Å². The summed E-state index contributed by atoms with van der Waals surface area (Å²) in [5, 5.41) is 15.2. The predicted octanol–water partition coefficient (Wildman–Crippen LogP) is 2.59. The van der Waals surface area contributed by atoms with Gasteiger partial charge in [-0.15, -0.1) is 16.4 Å². The Morgan fingerprint density at radius 1 is 1.24 bits per heavy atom. The summed E-state index contributed by atoms with van der Waals surface area (Å²) >= 11 is 2.47. The maximum Gasteiger partial charge on any atom is 0.316 e. The van der Waals surface area contributed by atoms with Crippen LogP contribution in [0.2, 0.25) is 0 Å². The molecule has 3 aromatic rings. The van der Waals surface area contributed by atoms with Crippen LogP contribution in [-0.2, 0) is 27.2 Å². The van der Waals surface area contributed by atoms with E-state index < -0.39 is 24.4 Å². The molecular formula is C22H24N6O4S2. The first-order chi connectivity index (χ1) is 16.3. The lowest BCUT2D eigenvalue weighted by atomic mass is 9.95. The number of aromatic nitrogens is 4. The number of nitrogens with one attached hydrogen (secondary N) is 1. The summed E-state index contributed by atoms with van der Waals surface area (Å²) in [6.07, 6.45) is 3.66. The Hall–Kier alpha value is -3.25. The van der Waals surface area contributed by atoms with Crippen molar-refractivity contribution in [2.75, 3.05) is 17.7 Å². The van der Waals surface area contributed by atoms with Crippen LogP contribution in [0.3, 0.4) is 0 Å². The molecule has 0 unspecified atom stereocenters. The normalized spacial score (nSPS) is 12.8. The Labute approximate surface area is 204 Å². The zero-order valence-electron chi connectivity index (χ0n) is 18.8. The van der Waals surface area contributed by atoms with Gasteiger partial charge in [0.2, 0.25) is 5.16 Å². The summed E-state index contributed by atoms with van der Waals surface area (Å²) in [5.41, 5.74) is 9.72. The van der Waals surface area contributed by atoms with E-state index in [2.05, 4.69) is 20.8 Å². The van der Waals surface area contributed by atoms with Crippen molar-refractivity contribution in [3.8, 4) is 5.69 Å². The number of anilines is 1. The van der Waals surface area contributed by atoms with Gasteiger partial charge in [0.15, 0.2) is 6.61 Å². The number of benzene rings is 1. The third-order valence-corrected chi connectivity index (χ3v) is 7.49. The van der Waals surface area contributed by atoms with Crippen LogP contribution in [0.1, 0.15) is 44.8 Å². The van der Waals surface area contributed by atoms with Gasteiger partial charge in [-0.1, -0.05) is 23.9 Å². The van der Waals surface area contributed by atoms with E-state index in [4.69, 9.17) is 10.5 Å². The number of fused-ring (bicyclic) bond motifs is 1. The molecule has 4 rings (SSSR count). The van der Waals surface area contributed by atoms with E-state index in [9.17, 15) is 14.4 Å². The lowest BCUT2D eigenvalue weighted by Gasteiger charge is -2.11. The average Bonchev–Trinajstić information content (AvgIpc) is 3.41. The van der Waals surface area contributed by atoms with Gasteiger partial charge in [-0.3, -0.25) is 14.4 Å². The molecule has 0 spiro atoms. The van der Waals surface area contributed by atoms with Gasteiger partial charge in [0, 0.05) is 4.88 Å². The SMILES string of the molecule is Cc1ccc(C)c(-n2nnnc2SCC(=O)OCC(=O)Nc2sc3c(c2C(N)=O)CCCC3)c1. The highest BCUT2D eigenvalue weighted by Gasteiger charge is 2.25. The molecule has 3 N–H and O–H groups in total. The van der Waals surface area contributed by atoms with Gasteiger partial charge < -0.3 is 15.8 Å². The third kappa shape index (κ3) is 5.28. The Balaban J connectivity index is 1.32. The van der Waals surface area contributed by atoms with E-state index in [-0.39, 0.29) is 5.75 Å². The van der Waals surface area contributed by atoms with Crippen LogP contribution in [-0.4, -0.2) is 50.4 Å². The smallest absolute Gasteiger partial charge is 0.316 e. The number of nitrogens with two attached hydrogens (primary N) is 1. The van der Waals surface area contributed by atoms with Crippen molar-refractivity contribution < 1.29 is 19.1 Å². The first kappa shape index (κ1) is 23.9. The van der Waals surface area contributed by atoms with Crippen molar-refractivity contribution in [1.82, 2.24) is 20.2 Å². The highest BCUT2D eigenvalue weighted by molar-refractivity contribution is 7.99. The molecule has 0 radical (unpaired) electrons. The number of ether oxygens (including phenoxy) is 1. The van der Waals surface area contributed by atoms with E-state index in [0.717, 1.165) is 64.7 Å². The molecule has 178 valence electrons. The minimum atomic E-state index is -0.587. The number of thioether (sulfide) groups is 1. The third-order valence-electron chi connectivity index (χ3n) is 5.39. The van der Waals surface area contributed by atoms with E-state index in [1.54, 1.807) is 4.68 Å². The number of hydrogen-bond acceptors (Lipinski definition) is 9. The zero-order chi connectivity index (χ0) is 24.2. The number of tetrazole rings is 1. The van der Waals surface area contributed by atoms with Crippen molar-refractivity contribution in [1.29, 1.82) is 0 Å². The molecule has 0 bridgehead atoms. The molecular weight excluding hydrogens is 476 g/mol. The van der Waals surface area contributed by atoms with Crippen LogP contribution < -0.4 is 11.1 Å². The minimum Gasteiger partial charge on any atom is -0.455 e. The quantitative estimate of drug-likeness (QED) is 0.355. The van der Waals surface area contributed by atoms with Crippen molar-refractivity contribution in [2.45, 2.75) is 44.7 Å². The number of hydrogen-bond donors (Lipinski definition) is 2. The van der Waals surface area contributed by atoms with E-state index in [1.807, 2.05) is 32.0 Å². The molecule has 1 aliphatic carbocycles. The van der Waals surface area contributed by atoms with Crippen LogP contribution in [0, 0.1) is 13.8 Å². The van der Waals surface area contributed by atoms with Crippen LogP contribution in [0.25, 0.3) is 5.69 Å². The van der Waals surface area contributed by atoms with Crippen molar-refractivity contribution in [3.05, 3.63) is 45.3 Å². The van der Waals surface area contributed by atoms with Crippen LogP contribution in [0.5, 0.6) is 0 Å². The van der Waals surface area contributed by atoms with Gasteiger partial charge in [0.05, 0.1) is 17.0 Å². The first-order valence-electron chi connectivity index (χ1n) is 10.7. The Morgan fingerprint density at radius 3 is 2.82 bits per heavy atom. The molecule has 0 fully saturated rings. The molecule has 0 saturated carbocycles. The molecule has 0 aliphatic heterocycles. The maximum atomic E-state index is 12.4. The maximum absolute atomic E-state index is 12.4. The fourth-order valence-corrected chi connectivity index (χ4v) is 5.75. The number of carbonyl (C=O) groups excluding carboxylic acids is 3. The van der Waals surface area contributed by atoms with Crippen molar-refractivity contribution >= 4 is 45.9 Å². The Kier molecular flexibility index (Phi) is 7.27. The molecule has 1 aliphatic rings. The highest BCUT2D eigenvalue weighted by Crippen LogP contribution is 2.37. The van der Waals surface area contributed by atoms with Gasteiger partial charge >= 0.3 is 5.97 Å². The summed E-state index contributed by atoms with van der Waals surface area (Å²) in [5.74, 6) is -1.75. The fourth-order valence-electron chi connectivity index (χ4n) is 3.76. The second-order valence-electron chi connectivity index (χ2n) is 7.94. The average molecular weight is 501 g/mol. The predicted molar refractivity (Wildman–Crippen MR) is 128 cm³/mol. The van der Waals surface area contributed by atoms with E-state index >= 15 is 0 Å². The van der Waals surface area contributed by atoms with Gasteiger partial charge in [0.25, 0.3) is 11.8 Å². The second kappa shape index (κ2) is 10.3. The largest absolute Gasteiger partial charge is 0.455 e. The molecule has 10 nitrogen and oxygen atoms in total. The summed E-state index contributed by atoms with van der Waals surface area (Å²) in [6, 6.07) is 5.93. The highest BCUT2D eigenvalue weighted by atomic mass is 32.2. The van der Waals surface area contributed by atoms with Gasteiger partial charge in [-0.05, 0) is 72.7 Å². The van der Waals surface area contributed by atoms with Crippen LogP contribution >= 0.6 is 23.1 Å². The number of amides is 2. The lowest BCUT2D eigenvalue weighted by molar-refractivity contribution is -0.144. The topological polar surface area (TPSA) is 142 Å². The second-order valence-corrected chi connectivity index (χ2v) is 9.99. The summed E-state index contributed by atoms with van der Waals surface area (Å²) < 4.78 is 6.67. The summed E-state index contributed by atoms with van der Waals surface area (Å²) in [4.78, 5) is 37.6. The fraction of sp³-hybridized carbons (Fsp3) is 0.364. The monoisotopic (exact) mass is 500 g/mol. The number of nitrogens with zero attached hydrogens (tertiary/aromatic N) is 4. The van der Waals surface area contributed by atoms with Gasteiger partial charge in [-0.2, -0.15) is 4.68 Å². The first-order valence-corrected chi connectivity index (χ1v) is 12.5. The summed E-state index contributed by atoms with van der Waals surface area (Å²) in [7, 11) is 0. The number of rotatable bonds is 8. The molecule has 34 heavy (non-hydrogen) atoms. The number of esters is 1. The van der Waals surface area contributed by atoms with Crippen molar-refractivity contribution in [2.24, 2.45) is 5.73 Å².